The number of nitrogens with zero attached hydrogens (tertiary/aromatic N) is 1. The van der Waals surface area contributed by atoms with Crippen molar-refractivity contribution in [2.45, 2.75) is 20.5 Å². The van der Waals surface area contributed by atoms with Gasteiger partial charge in [0.05, 0.1) is 31.6 Å². The molecule has 0 saturated carbocycles. The molecule has 168 valence electrons. The summed E-state index contributed by atoms with van der Waals surface area (Å²) in [7, 11) is 2.36. The van der Waals surface area contributed by atoms with Crippen LogP contribution in [0.3, 0.4) is 0 Å². The van der Waals surface area contributed by atoms with Crippen LogP contribution in [0.1, 0.15) is 19.7 Å². The van der Waals surface area contributed by atoms with Crippen LogP contribution < -0.4 is 5.32 Å². The maximum atomic E-state index is 13.0. The lowest BCUT2D eigenvalue weighted by molar-refractivity contribution is -0.152. The standard InChI is InChI=1S/C22H21ClN2O7/c1-11-17(20(26)29-3)19(18(12(2)25-11)21(27)30-4)22(28)31-10-16-24-9-15(32-16)13-5-7-14(23)8-6-13/h5-9,19,25H,10H2,1-4H3. The highest BCUT2D eigenvalue weighted by molar-refractivity contribution is 6.30. The second-order valence-corrected chi connectivity index (χ2v) is 7.29. The number of oxazole rings is 1. The first-order valence-electron chi connectivity index (χ1n) is 9.49. The summed E-state index contributed by atoms with van der Waals surface area (Å²) < 4.78 is 20.6. The smallest absolute Gasteiger partial charge is 0.336 e. The van der Waals surface area contributed by atoms with E-state index < -0.39 is 23.8 Å². The Labute approximate surface area is 189 Å². The summed E-state index contributed by atoms with van der Waals surface area (Å²) in [6.07, 6.45) is 1.49. The molecule has 0 spiro atoms. The molecule has 1 N–H and O–H groups in total. The van der Waals surface area contributed by atoms with E-state index in [1.54, 1.807) is 38.1 Å². The average Bonchev–Trinajstić information content (AvgIpc) is 3.25. The number of carbonyl (C=O) groups excluding carboxylic acids is 3. The van der Waals surface area contributed by atoms with E-state index in [-0.39, 0.29) is 23.6 Å². The van der Waals surface area contributed by atoms with E-state index in [4.69, 9.17) is 30.2 Å². The topological polar surface area (TPSA) is 117 Å². The van der Waals surface area contributed by atoms with E-state index in [1.165, 1.54) is 20.4 Å². The van der Waals surface area contributed by atoms with Crippen LogP contribution in [-0.4, -0.2) is 37.1 Å². The normalized spacial score (nSPS) is 14.2. The fourth-order valence-electron chi connectivity index (χ4n) is 3.33. The highest BCUT2D eigenvalue weighted by atomic mass is 35.5. The summed E-state index contributed by atoms with van der Waals surface area (Å²) >= 11 is 5.89. The number of carbonyl (C=O) groups is 3. The fraction of sp³-hybridized carbons (Fsp3) is 0.273. The van der Waals surface area contributed by atoms with Crippen molar-refractivity contribution in [2.24, 2.45) is 5.92 Å². The van der Waals surface area contributed by atoms with E-state index in [9.17, 15) is 14.4 Å². The average molecular weight is 461 g/mol. The Morgan fingerprint density at radius 2 is 1.59 bits per heavy atom. The Bertz CT molecular complexity index is 1080. The van der Waals surface area contributed by atoms with Crippen LogP contribution in [0.2, 0.25) is 5.02 Å². The Morgan fingerprint density at radius 1 is 1.03 bits per heavy atom. The van der Waals surface area contributed by atoms with Gasteiger partial charge >= 0.3 is 17.9 Å². The fourth-order valence-corrected chi connectivity index (χ4v) is 3.46. The zero-order valence-electron chi connectivity index (χ0n) is 17.9. The molecule has 2 aromatic rings. The number of allylic oxidation sites excluding steroid dienone is 2. The van der Waals surface area contributed by atoms with Crippen LogP contribution in [0, 0.1) is 5.92 Å². The minimum Gasteiger partial charge on any atom is -0.466 e. The molecule has 10 heteroatoms. The maximum Gasteiger partial charge on any atom is 0.336 e. The van der Waals surface area contributed by atoms with Crippen LogP contribution in [0.15, 0.2) is 57.4 Å². The molecule has 9 nitrogen and oxygen atoms in total. The van der Waals surface area contributed by atoms with Crippen LogP contribution >= 0.6 is 11.6 Å². The number of nitrogens with one attached hydrogen (secondary N) is 1. The van der Waals surface area contributed by atoms with Crippen LogP contribution in [0.4, 0.5) is 0 Å². The van der Waals surface area contributed by atoms with Crippen molar-refractivity contribution >= 4 is 29.5 Å². The molecule has 0 radical (unpaired) electrons. The molecule has 0 unspecified atom stereocenters. The van der Waals surface area contributed by atoms with Crippen molar-refractivity contribution in [2.75, 3.05) is 14.2 Å². The highest BCUT2D eigenvalue weighted by Crippen LogP contribution is 2.32. The number of halogens is 1. The molecule has 0 atom stereocenters. The van der Waals surface area contributed by atoms with Crippen molar-refractivity contribution in [1.82, 2.24) is 10.3 Å². The number of benzene rings is 1. The first-order chi connectivity index (χ1) is 15.3. The number of ether oxygens (including phenoxy) is 3. The van der Waals surface area contributed by atoms with Crippen molar-refractivity contribution < 1.29 is 33.0 Å². The van der Waals surface area contributed by atoms with Gasteiger partial charge in [0.2, 0.25) is 5.89 Å². The second-order valence-electron chi connectivity index (χ2n) is 6.85. The molecule has 2 heterocycles. The van der Waals surface area contributed by atoms with Crippen molar-refractivity contribution in [3.8, 4) is 11.3 Å². The Balaban J connectivity index is 1.83. The third-order valence-corrected chi connectivity index (χ3v) is 5.08. The lowest BCUT2D eigenvalue weighted by Crippen LogP contribution is -2.37. The van der Waals surface area contributed by atoms with Crippen molar-refractivity contribution in [3.05, 3.63) is 63.9 Å². The molecule has 0 fully saturated rings. The zero-order valence-corrected chi connectivity index (χ0v) is 18.6. The Kier molecular flexibility index (Phi) is 6.99. The van der Waals surface area contributed by atoms with Gasteiger partial charge in [-0.15, -0.1) is 0 Å². The van der Waals surface area contributed by atoms with E-state index in [0.29, 0.717) is 22.2 Å². The predicted molar refractivity (Wildman–Crippen MR) is 113 cm³/mol. The third-order valence-electron chi connectivity index (χ3n) is 4.83. The van der Waals surface area contributed by atoms with E-state index in [1.807, 2.05) is 0 Å². The SMILES string of the molecule is COC(=O)C1=C(C)NC(C)=C(C(=O)OC)C1C(=O)OCc1ncc(-c2ccc(Cl)cc2)o1. The molecule has 0 bridgehead atoms. The molecule has 1 aliphatic heterocycles. The van der Waals surface area contributed by atoms with Gasteiger partial charge in [-0.1, -0.05) is 11.6 Å². The number of rotatable bonds is 6. The molecule has 0 aliphatic carbocycles. The predicted octanol–water partition coefficient (Wildman–Crippen LogP) is 3.15. The van der Waals surface area contributed by atoms with Gasteiger partial charge in [-0.3, -0.25) is 4.79 Å². The molecular formula is C22H21ClN2O7. The molecule has 0 saturated heterocycles. The Morgan fingerprint density at radius 3 is 2.12 bits per heavy atom. The second kappa shape index (κ2) is 9.69. The number of hydrogen-bond acceptors (Lipinski definition) is 9. The van der Waals surface area contributed by atoms with Gasteiger partial charge in [-0.25, -0.2) is 14.6 Å². The first-order valence-corrected chi connectivity index (χ1v) is 9.87. The van der Waals surface area contributed by atoms with E-state index >= 15 is 0 Å². The number of aromatic nitrogens is 1. The van der Waals surface area contributed by atoms with E-state index in [0.717, 1.165) is 5.56 Å². The lowest BCUT2D eigenvalue weighted by Gasteiger charge is -2.28. The molecule has 1 aliphatic rings. The molecule has 3 rings (SSSR count). The summed E-state index contributed by atoms with van der Waals surface area (Å²) in [6, 6.07) is 6.95. The zero-order chi connectivity index (χ0) is 23.4. The Hall–Kier alpha value is -3.59. The largest absolute Gasteiger partial charge is 0.466 e. The number of methoxy groups -OCH3 is 2. The van der Waals surface area contributed by atoms with Crippen LogP contribution in [-0.2, 0) is 35.2 Å². The maximum absolute atomic E-state index is 13.0. The summed E-state index contributed by atoms with van der Waals surface area (Å²) in [5.41, 5.74) is 1.39. The van der Waals surface area contributed by atoms with Gasteiger partial charge in [0.1, 0.15) is 5.92 Å². The highest BCUT2D eigenvalue weighted by Gasteiger charge is 2.42. The summed E-state index contributed by atoms with van der Waals surface area (Å²) in [6.45, 7) is 2.88. The number of esters is 3. The van der Waals surface area contributed by atoms with E-state index in [2.05, 4.69) is 10.3 Å². The number of dihydropyridines is 1. The van der Waals surface area contributed by atoms with Gasteiger partial charge in [0.15, 0.2) is 12.4 Å². The lowest BCUT2D eigenvalue weighted by atomic mass is 9.85. The quantitative estimate of drug-likeness (QED) is 0.512. The molecular weight excluding hydrogens is 440 g/mol. The van der Waals surface area contributed by atoms with Crippen molar-refractivity contribution in [1.29, 1.82) is 0 Å². The first kappa shape index (κ1) is 23.1. The number of hydrogen-bond donors (Lipinski definition) is 1. The summed E-state index contributed by atoms with van der Waals surface area (Å²) in [5.74, 6) is -3.12. The molecule has 0 amide bonds. The monoisotopic (exact) mass is 460 g/mol. The third kappa shape index (κ3) is 4.67. The van der Waals surface area contributed by atoms with Gasteiger partial charge in [0.25, 0.3) is 0 Å². The van der Waals surface area contributed by atoms with Crippen LogP contribution in [0.25, 0.3) is 11.3 Å². The molecule has 32 heavy (non-hydrogen) atoms. The van der Waals surface area contributed by atoms with Gasteiger partial charge in [0, 0.05) is 22.0 Å². The van der Waals surface area contributed by atoms with Crippen LogP contribution in [0.5, 0.6) is 0 Å². The summed E-state index contributed by atoms with van der Waals surface area (Å²) in [5, 5.41) is 3.49. The summed E-state index contributed by atoms with van der Waals surface area (Å²) in [4.78, 5) is 41.9. The van der Waals surface area contributed by atoms with Gasteiger partial charge in [-0.05, 0) is 38.1 Å². The molecule has 1 aromatic carbocycles. The minimum atomic E-state index is -1.33. The van der Waals surface area contributed by atoms with Crippen molar-refractivity contribution in [3.63, 3.8) is 0 Å². The van der Waals surface area contributed by atoms with Gasteiger partial charge < -0.3 is 23.9 Å². The minimum absolute atomic E-state index is 0.0437. The van der Waals surface area contributed by atoms with Gasteiger partial charge in [-0.2, -0.15) is 0 Å². The molecule has 1 aromatic heterocycles.